The van der Waals surface area contributed by atoms with E-state index in [2.05, 4.69) is 163 Å². The summed E-state index contributed by atoms with van der Waals surface area (Å²) in [6.07, 6.45) is 0. The van der Waals surface area contributed by atoms with Crippen LogP contribution in [-0.4, -0.2) is 0 Å². The Kier molecular flexibility index (Phi) is 6.57. The van der Waals surface area contributed by atoms with Gasteiger partial charge >= 0.3 is 0 Å². The minimum absolute atomic E-state index is 0.170. The van der Waals surface area contributed by atoms with Crippen molar-refractivity contribution in [2.24, 2.45) is 0 Å². The number of anilines is 6. The van der Waals surface area contributed by atoms with Crippen molar-refractivity contribution in [2.45, 2.75) is 19.3 Å². The summed E-state index contributed by atoms with van der Waals surface area (Å²) < 4.78 is 0. The predicted octanol–water partition coefficient (Wildman–Crippen LogP) is 11.6. The molecule has 0 radical (unpaired) electrons. The van der Waals surface area contributed by atoms with Gasteiger partial charge in [0.1, 0.15) is 0 Å². The number of para-hydroxylation sites is 2. The van der Waals surface area contributed by atoms with Crippen molar-refractivity contribution >= 4 is 45.7 Å². The lowest BCUT2D eigenvalue weighted by Crippen LogP contribution is -2.21. The molecule has 6 aromatic carbocycles. The van der Waals surface area contributed by atoms with Crippen LogP contribution in [-0.2, 0) is 5.41 Å². The van der Waals surface area contributed by atoms with Crippen LogP contribution >= 0.6 is 11.6 Å². The van der Waals surface area contributed by atoms with Crippen molar-refractivity contribution in [2.75, 3.05) is 9.80 Å². The fraction of sp³-hybridized carbons (Fsp3) is 0.0769. The molecule has 0 atom stereocenters. The largest absolute Gasteiger partial charge is 0.310 e. The fourth-order valence-corrected chi connectivity index (χ4v) is 6.60. The third-order valence-corrected chi connectivity index (χ3v) is 8.48. The Morgan fingerprint density at radius 3 is 1.62 bits per heavy atom. The Labute approximate surface area is 253 Å². The van der Waals surface area contributed by atoms with E-state index in [9.17, 15) is 0 Å². The first-order valence-corrected chi connectivity index (χ1v) is 14.7. The van der Waals surface area contributed by atoms with Gasteiger partial charge in [0.05, 0.1) is 5.69 Å². The molecule has 204 valence electrons. The molecule has 1 aliphatic carbocycles. The summed E-state index contributed by atoms with van der Waals surface area (Å²) in [5.41, 5.74) is 11.6. The third-order valence-electron chi connectivity index (χ3n) is 8.24. The molecule has 0 bridgehead atoms. The molecule has 42 heavy (non-hydrogen) atoms. The van der Waals surface area contributed by atoms with Gasteiger partial charge in [-0.15, -0.1) is 0 Å². The molecule has 0 spiro atoms. The minimum atomic E-state index is -0.170. The number of nitrogens with zero attached hydrogens (tertiary/aromatic N) is 2. The maximum absolute atomic E-state index is 6.62. The highest BCUT2D eigenvalue weighted by Gasteiger charge is 2.38. The highest BCUT2D eigenvalue weighted by atomic mass is 35.5. The van der Waals surface area contributed by atoms with Crippen LogP contribution in [0.1, 0.15) is 25.0 Å². The van der Waals surface area contributed by atoms with Crippen molar-refractivity contribution < 1.29 is 0 Å². The zero-order chi connectivity index (χ0) is 28.7. The van der Waals surface area contributed by atoms with Gasteiger partial charge < -0.3 is 9.80 Å². The number of fused-ring (bicyclic) bond motifs is 3. The third kappa shape index (κ3) is 4.45. The molecular weight excluding hydrogens is 532 g/mol. The molecule has 6 aromatic rings. The molecule has 0 saturated carbocycles. The van der Waals surface area contributed by atoms with Crippen LogP contribution in [0.5, 0.6) is 0 Å². The van der Waals surface area contributed by atoms with Crippen LogP contribution in [0.25, 0.3) is 11.1 Å². The van der Waals surface area contributed by atoms with E-state index in [1.165, 1.54) is 22.3 Å². The smallest absolute Gasteiger partial charge is 0.0508 e. The fourth-order valence-electron chi connectivity index (χ4n) is 6.42. The molecule has 7 rings (SSSR count). The summed E-state index contributed by atoms with van der Waals surface area (Å²) in [6.45, 7) is 4.67. The standard InChI is InChI=1S/C39H31ClN2/c1-39(2)36-24-10-9-22-34(36)35-23-13-25-37(38(35)39)42(31-19-11-14-28(40)26-31)33-21-12-20-32(27-33)41(29-15-5-3-6-16-29)30-17-7-4-8-18-30/h3-27H,1-2H3. The van der Waals surface area contributed by atoms with Gasteiger partial charge in [0, 0.05) is 38.9 Å². The second-order valence-electron chi connectivity index (χ2n) is 11.2. The molecule has 0 unspecified atom stereocenters. The lowest BCUT2D eigenvalue weighted by Gasteiger charge is -2.33. The highest BCUT2D eigenvalue weighted by Crippen LogP contribution is 2.54. The van der Waals surface area contributed by atoms with Crippen LogP contribution in [0.4, 0.5) is 34.1 Å². The Hall–Kier alpha value is -4.79. The van der Waals surface area contributed by atoms with E-state index < -0.39 is 0 Å². The minimum Gasteiger partial charge on any atom is -0.310 e. The van der Waals surface area contributed by atoms with Crippen molar-refractivity contribution in [3.05, 3.63) is 168 Å². The van der Waals surface area contributed by atoms with E-state index in [4.69, 9.17) is 11.6 Å². The van der Waals surface area contributed by atoms with Crippen molar-refractivity contribution in [3.8, 4) is 11.1 Å². The molecule has 0 aromatic heterocycles. The quantitative estimate of drug-likeness (QED) is 0.199. The van der Waals surface area contributed by atoms with Gasteiger partial charge in [-0.2, -0.15) is 0 Å². The van der Waals surface area contributed by atoms with Crippen LogP contribution in [0, 0.1) is 0 Å². The molecule has 2 nitrogen and oxygen atoms in total. The first-order valence-electron chi connectivity index (χ1n) is 14.3. The van der Waals surface area contributed by atoms with Gasteiger partial charge in [0.25, 0.3) is 0 Å². The molecule has 0 N–H and O–H groups in total. The second kappa shape index (κ2) is 10.6. The SMILES string of the molecule is CC1(C)c2ccccc2-c2cccc(N(c3cccc(Cl)c3)c3cccc(N(c4ccccc4)c4ccccc4)c3)c21. The molecule has 0 heterocycles. The molecular formula is C39H31ClN2. The van der Waals surface area contributed by atoms with Crippen LogP contribution < -0.4 is 9.80 Å². The van der Waals surface area contributed by atoms with Gasteiger partial charge in [-0.3, -0.25) is 0 Å². The number of benzene rings is 6. The topological polar surface area (TPSA) is 6.48 Å². The number of hydrogen-bond donors (Lipinski definition) is 0. The van der Waals surface area contributed by atoms with Crippen molar-refractivity contribution in [1.29, 1.82) is 0 Å². The molecule has 0 amide bonds. The molecule has 0 saturated heterocycles. The highest BCUT2D eigenvalue weighted by molar-refractivity contribution is 6.30. The number of rotatable bonds is 6. The van der Waals surface area contributed by atoms with Gasteiger partial charge in [-0.1, -0.05) is 110 Å². The average molecular weight is 563 g/mol. The van der Waals surface area contributed by atoms with Gasteiger partial charge in [-0.05, 0) is 89.0 Å². The van der Waals surface area contributed by atoms with Gasteiger partial charge in [0.2, 0.25) is 0 Å². The monoisotopic (exact) mass is 562 g/mol. The summed E-state index contributed by atoms with van der Waals surface area (Å²) in [5, 5.41) is 0.707. The van der Waals surface area contributed by atoms with Crippen LogP contribution in [0.15, 0.2) is 152 Å². The summed E-state index contributed by atoms with van der Waals surface area (Å²) >= 11 is 6.62. The first-order chi connectivity index (χ1) is 20.5. The van der Waals surface area contributed by atoms with E-state index in [1.807, 2.05) is 12.1 Å². The molecule has 0 aliphatic heterocycles. The number of hydrogen-bond acceptors (Lipinski definition) is 2. The van der Waals surface area contributed by atoms with Gasteiger partial charge in [-0.25, -0.2) is 0 Å². The summed E-state index contributed by atoms with van der Waals surface area (Å²) in [5.74, 6) is 0. The Morgan fingerprint density at radius 1 is 0.452 bits per heavy atom. The summed E-state index contributed by atoms with van der Waals surface area (Å²) in [6, 6.07) is 53.4. The lowest BCUT2D eigenvalue weighted by molar-refractivity contribution is 0.661. The first kappa shape index (κ1) is 26.1. The van der Waals surface area contributed by atoms with E-state index in [-0.39, 0.29) is 5.41 Å². The van der Waals surface area contributed by atoms with E-state index in [0.717, 1.165) is 34.1 Å². The Balaban J connectivity index is 1.45. The van der Waals surface area contributed by atoms with Crippen LogP contribution in [0.3, 0.4) is 0 Å². The van der Waals surface area contributed by atoms with Gasteiger partial charge in [0.15, 0.2) is 0 Å². The molecule has 1 aliphatic rings. The zero-order valence-electron chi connectivity index (χ0n) is 23.7. The predicted molar refractivity (Wildman–Crippen MR) is 178 cm³/mol. The van der Waals surface area contributed by atoms with E-state index >= 15 is 0 Å². The summed E-state index contributed by atoms with van der Waals surface area (Å²) in [4.78, 5) is 4.66. The second-order valence-corrected chi connectivity index (χ2v) is 11.6. The van der Waals surface area contributed by atoms with Crippen LogP contribution in [0.2, 0.25) is 5.02 Å². The maximum atomic E-state index is 6.62. The van der Waals surface area contributed by atoms with Crippen molar-refractivity contribution in [3.63, 3.8) is 0 Å². The van der Waals surface area contributed by atoms with Crippen molar-refractivity contribution in [1.82, 2.24) is 0 Å². The zero-order valence-corrected chi connectivity index (χ0v) is 24.5. The Bertz CT molecular complexity index is 1840. The van der Waals surface area contributed by atoms with E-state index in [1.54, 1.807) is 0 Å². The summed E-state index contributed by atoms with van der Waals surface area (Å²) in [7, 11) is 0. The Morgan fingerprint density at radius 2 is 0.952 bits per heavy atom. The van der Waals surface area contributed by atoms with E-state index in [0.29, 0.717) is 5.02 Å². The molecule has 0 fully saturated rings. The average Bonchev–Trinajstić information content (AvgIpc) is 3.26. The molecule has 3 heteroatoms. The normalized spacial score (nSPS) is 12.8. The lowest BCUT2D eigenvalue weighted by atomic mass is 9.81. The maximum Gasteiger partial charge on any atom is 0.0508 e. The number of halogens is 1.